The fourth-order valence-electron chi connectivity index (χ4n) is 2.59. The number of aromatic amines is 1. The smallest absolute Gasteiger partial charge is 0.343 e. The van der Waals surface area contributed by atoms with Crippen molar-refractivity contribution in [1.29, 1.82) is 5.26 Å². The predicted octanol–water partition coefficient (Wildman–Crippen LogP) is 3.75. The number of hydrogen-bond acceptors (Lipinski definition) is 4. The topological polar surface area (TPSA) is 83.0 Å². The average molecular weight is 344 g/mol. The van der Waals surface area contributed by atoms with E-state index in [4.69, 9.17) is 4.74 Å². The maximum Gasteiger partial charge on any atom is 0.343 e. The Morgan fingerprint density at radius 3 is 2.31 bits per heavy atom. The van der Waals surface area contributed by atoms with Gasteiger partial charge in [0.05, 0.1) is 5.56 Å². The molecule has 5 nitrogen and oxygen atoms in total. The number of pyridine rings is 1. The zero-order valence-corrected chi connectivity index (χ0v) is 14.4. The molecule has 0 unspecified atom stereocenters. The minimum absolute atomic E-state index is 0.0556. The maximum absolute atomic E-state index is 12.2. The number of aromatic nitrogens is 1. The van der Waals surface area contributed by atoms with Crippen LogP contribution < -0.4 is 10.3 Å². The Balaban J connectivity index is 1.86. The summed E-state index contributed by atoms with van der Waals surface area (Å²) in [6.07, 6.45) is 0. The van der Waals surface area contributed by atoms with E-state index in [1.54, 1.807) is 49.4 Å². The third kappa shape index (κ3) is 3.55. The number of carbonyl (C=O) groups is 1. The molecule has 3 aromatic rings. The fraction of sp³-hybridized carbons (Fsp3) is 0.0952. The van der Waals surface area contributed by atoms with Crippen molar-refractivity contribution in [1.82, 2.24) is 4.98 Å². The van der Waals surface area contributed by atoms with Crippen LogP contribution in [0.15, 0.2) is 59.4 Å². The van der Waals surface area contributed by atoms with Crippen LogP contribution in [0.3, 0.4) is 0 Å². The number of nitrogens with one attached hydrogen (secondary N) is 1. The van der Waals surface area contributed by atoms with E-state index in [-0.39, 0.29) is 5.56 Å². The van der Waals surface area contributed by atoms with Gasteiger partial charge in [-0.05, 0) is 49.7 Å². The van der Waals surface area contributed by atoms with Gasteiger partial charge in [-0.15, -0.1) is 0 Å². The number of ether oxygens (including phenoxy) is 1. The van der Waals surface area contributed by atoms with Crippen molar-refractivity contribution in [2.24, 2.45) is 0 Å². The lowest BCUT2D eigenvalue weighted by Gasteiger charge is -2.08. The molecule has 0 atom stereocenters. The monoisotopic (exact) mass is 344 g/mol. The predicted molar refractivity (Wildman–Crippen MR) is 98.1 cm³/mol. The summed E-state index contributed by atoms with van der Waals surface area (Å²) in [7, 11) is 0. The molecule has 26 heavy (non-hydrogen) atoms. The summed E-state index contributed by atoms with van der Waals surface area (Å²) in [5.41, 5.74) is 3.08. The molecule has 2 aromatic carbocycles. The SMILES string of the molecule is Cc1ccc(C(=O)Oc2ccc(-c3cc(C)[nH]c(=O)c3C#N)cc2)cc1. The Morgan fingerprint density at radius 1 is 1.04 bits per heavy atom. The van der Waals surface area contributed by atoms with Crippen molar-refractivity contribution in [2.75, 3.05) is 0 Å². The number of carbonyl (C=O) groups excluding carboxylic acids is 1. The molecule has 1 N–H and O–H groups in total. The van der Waals surface area contributed by atoms with Gasteiger partial charge in [-0.2, -0.15) is 5.26 Å². The summed E-state index contributed by atoms with van der Waals surface area (Å²) in [5, 5.41) is 9.23. The minimum Gasteiger partial charge on any atom is -0.423 e. The summed E-state index contributed by atoms with van der Waals surface area (Å²) >= 11 is 0. The zero-order valence-electron chi connectivity index (χ0n) is 14.4. The van der Waals surface area contributed by atoms with E-state index >= 15 is 0 Å². The molecule has 128 valence electrons. The van der Waals surface area contributed by atoms with Gasteiger partial charge in [0.15, 0.2) is 0 Å². The largest absolute Gasteiger partial charge is 0.423 e. The third-order valence-electron chi connectivity index (χ3n) is 3.94. The number of aryl methyl sites for hydroxylation is 2. The first-order chi connectivity index (χ1) is 12.5. The average Bonchev–Trinajstić information content (AvgIpc) is 2.62. The zero-order chi connectivity index (χ0) is 18.7. The first kappa shape index (κ1) is 17.2. The quantitative estimate of drug-likeness (QED) is 0.579. The molecule has 0 aliphatic carbocycles. The van der Waals surface area contributed by atoms with Crippen LogP contribution in [0.4, 0.5) is 0 Å². The Hall–Kier alpha value is -3.65. The second-order valence-corrected chi connectivity index (χ2v) is 5.96. The molecule has 0 saturated carbocycles. The van der Waals surface area contributed by atoms with Crippen molar-refractivity contribution in [3.8, 4) is 22.9 Å². The Morgan fingerprint density at radius 2 is 1.69 bits per heavy atom. The fourth-order valence-corrected chi connectivity index (χ4v) is 2.59. The van der Waals surface area contributed by atoms with Crippen LogP contribution in [0.5, 0.6) is 5.75 Å². The van der Waals surface area contributed by atoms with Gasteiger partial charge in [-0.25, -0.2) is 4.79 Å². The van der Waals surface area contributed by atoms with E-state index < -0.39 is 11.5 Å². The van der Waals surface area contributed by atoms with E-state index in [2.05, 4.69) is 4.98 Å². The van der Waals surface area contributed by atoms with Crippen LogP contribution in [-0.2, 0) is 0 Å². The second kappa shape index (κ2) is 7.08. The van der Waals surface area contributed by atoms with Gasteiger partial charge in [-0.1, -0.05) is 29.8 Å². The van der Waals surface area contributed by atoms with Crippen LogP contribution in [0.25, 0.3) is 11.1 Å². The van der Waals surface area contributed by atoms with Crippen molar-refractivity contribution in [3.05, 3.63) is 87.3 Å². The number of hydrogen-bond donors (Lipinski definition) is 1. The van der Waals surface area contributed by atoms with E-state index in [1.807, 2.05) is 25.1 Å². The number of rotatable bonds is 3. The third-order valence-corrected chi connectivity index (χ3v) is 3.94. The minimum atomic E-state index is -0.442. The summed E-state index contributed by atoms with van der Waals surface area (Å²) in [4.78, 5) is 26.7. The first-order valence-electron chi connectivity index (χ1n) is 8.01. The standard InChI is InChI=1S/C21H16N2O3/c1-13-3-5-16(6-4-13)21(25)26-17-9-7-15(8-10-17)18-11-14(2)23-20(24)19(18)12-22/h3-11H,1-2H3,(H,23,24). The van der Waals surface area contributed by atoms with Gasteiger partial charge in [-0.3, -0.25) is 4.79 Å². The Bertz CT molecular complexity index is 1060. The lowest BCUT2D eigenvalue weighted by Crippen LogP contribution is -2.12. The molecular formula is C21H16N2O3. The van der Waals surface area contributed by atoms with Crippen LogP contribution >= 0.6 is 0 Å². The highest BCUT2D eigenvalue weighted by Crippen LogP contribution is 2.25. The molecule has 1 heterocycles. The summed E-state index contributed by atoms with van der Waals surface area (Å²) in [5.74, 6) is -0.0538. The molecule has 0 aliphatic rings. The molecule has 1 aromatic heterocycles. The van der Waals surface area contributed by atoms with E-state index in [1.165, 1.54) is 0 Å². The van der Waals surface area contributed by atoms with Gasteiger partial charge in [0.2, 0.25) is 0 Å². The first-order valence-corrected chi connectivity index (χ1v) is 8.01. The van der Waals surface area contributed by atoms with Gasteiger partial charge in [0.1, 0.15) is 17.4 Å². The highest BCUT2D eigenvalue weighted by atomic mass is 16.5. The van der Waals surface area contributed by atoms with Crippen molar-refractivity contribution < 1.29 is 9.53 Å². The summed E-state index contributed by atoms with van der Waals surface area (Å²) in [6.45, 7) is 3.70. The van der Waals surface area contributed by atoms with Gasteiger partial charge < -0.3 is 9.72 Å². The number of nitriles is 1. The lowest BCUT2D eigenvalue weighted by atomic mass is 10.0. The van der Waals surface area contributed by atoms with Gasteiger partial charge in [0, 0.05) is 11.3 Å². The molecule has 0 fully saturated rings. The molecule has 3 rings (SSSR count). The molecular weight excluding hydrogens is 328 g/mol. The van der Waals surface area contributed by atoms with E-state index in [0.717, 1.165) is 5.56 Å². The van der Waals surface area contributed by atoms with Crippen LogP contribution in [0.2, 0.25) is 0 Å². The number of nitrogens with zero attached hydrogens (tertiary/aromatic N) is 1. The van der Waals surface area contributed by atoms with Crippen molar-refractivity contribution >= 4 is 5.97 Å². The van der Waals surface area contributed by atoms with Crippen LogP contribution in [-0.4, -0.2) is 11.0 Å². The van der Waals surface area contributed by atoms with Crippen LogP contribution in [0.1, 0.15) is 27.2 Å². The van der Waals surface area contributed by atoms with E-state index in [9.17, 15) is 14.9 Å². The molecule has 0 saturated heterocycles. The number of H-pyrrole nitrogens is 1. The molecule has 0 aliphatic heterocycles. The van der Waals surface area contributed by atoms with Gasteiger partial charge >= 0.3 is 5.97 Å². The van der Waals surface area contributed by atoms with E-state index in [0.29, 0.717) is 28.1 Å². The van der Waals surface area contributed by atoms with Gasteiger partial charge in [0.25, 0.3) is 5.56 Å². The normalized spacial score (nSPS) is 10.2. The van der Waals surface area contributed by atoms with Crippen LogP contribution in [0, 0.1) is 25.2 Å². The molecule has 0 bridgehead atoms. The summed E-state index contributed by atoms with van der Waals surface area (Å²) in [6, 6.07) is 17.5. The molecule has 0 spiro atoms. The molecule has 5 heteroatoms. The number of benzene rings is 2. The summed E-state index contributed by atoms with van der Waals surface area (Å²) < 4.78 is 5.36. The van der Waals surface area contributed by atoms with Crippen molar-refractivity contribution in [3.63, 3.8) is 0 Å². The number of esters is 1. The molecule has 0 radical (unpaired) electrons. The maximum atomic E-state index is 12.2. The Labute approximate surface area is 150 Å². The highest BCUT2D eigenvalue weighted by molar-refractivity contribution is 5.91. The van der Waals surface area contributed by atoms with Crippen molar-refractivity contribution in [2.45, 2.75) is 13.8 Å². The Kier molecular flexibility index (Phi) is 4.68. The molecule has 0 amide bonds. The highest BCUT2D eigenvalue weighted by Gasteiger charge is 2.12. The lowest BCUT2D eigenvalue weighted by molar-refractivity contribution is 0.0735. The second-order valence-electron chi connectivity index (χ2n) is 5.96.